The molecule has 4 heterocycles. The lowest BCUT2D eigenvalue weighted by Crippen LogP contribution is -2.34. The maximum absolute atomic E-state index is 12.5. The zero-order chi connectivity index (χ0) is 16.7. The number of carbonyl (C=O) groups excluding carboxylic acids is 2. The molecule has 2 aromatic heterocycles. The second kappa shape index (κ2) is 5.43. The van der Waals surface area contributed by atoms with E-state index in [1.54, 1.807) is 34.3 Å². The summed E-state index contributed by atoms with van der Waals surface area (Å²) in [6.45, 7) is 3.63. The number of aryl methyl sites for hydroxylation is 1. The number of nitrogens with zero attached hydrogens (tertiary/aromatic N) is 4. The minimum atomic E-state index is -0.190. The fraction of sp³-hybridized carbons (Fsp3) is 0.412. The predicted octanol–water partition coefficient (Wildman–Crippen LogP) is 1.65. The van der Waals surface area contributed by atoms with Gasteiger partial charge < -0.3 is 14.2 Å². The smallest absolute Gasteiger partial charge is 0.289 e. The molecule has 2 aliphatic rings. The van der Waals surface area contributed by atoms with Gasteiger partial charge in [0.15, 0.2) is 5.76 Å². The zero-order valence-corrected chi connectivity index (χ0v) is 13.4. The molecule has 7 heteroatoms. The molecule has 1 atom stereocenters. The molecule has 0 aromatic carbocycles. The van der Waals surface area contributed by atoms with Crippen LogP contribution in [0.3, 0.4) is 0 Å². The highest BCUT2D eigenvalue weighted by Crippen LogP contribution is 2.41. The molecule has 0 N–H and O–H groups in total. The second-order valence-electron chi connectivity index (χ2n) is 6.64. The lowest BCUT2D eigenvalue weighted by molar-refractivity contribution is -0.117. The number of likely N-dealkylation sites (tertiary alicyclic amines) is 1. The molecule has 2 amide bonds. The quantitative estimate of drug-likeness (QED) is 0.838. The number of hydrogen-bond donors (Lipinski definition) is 0. The summed E-state index contributed by atoms with van der Waals surface area (Å²) in [6, 6.07) is 3.49. The van der Waals surface area contributed by atoms with Gasteiger partial charge in [0.2, 0.25) is 5.91 Å². The third-order valence-electron chi connectivity index (χ3n) is 4.86. The molecule has 1 spiro atoms. The summed E-state index contributed by atoms with van der Waals surface area (Å²) in [4.78, 5) is 36.5. The van der Waals surface area contributed by atoms with Gasteiger partial charge in [-0.3, -0.25) is 9.59 Å². The summed E-state index contributed by atoms with van der Waals surface area (Å²) in [5.74, 6) is 1.04. The first-order valence-electron chi connectivity index (χ1n) is 7.97. The van der Waals surface area contributed by atoms with E-state index in [1.807, 2.05) is 6.92 Å². The van der Waals surface area contributed by atoms with Crippen LogP contribution in [0.5, 0.6) is 0 Å². The minimum Gasteiger partial charge on any atom is -0.456 e. The van der Waals surface area contributed by atoms with Crippen LogP contribution in [0.4, 0.5) is 5.69 Å². The van der Waals surface area contributed by atoms with Gasteiger partial charge in [-0.05, 0) is 25.5 Å². The summed E-state index contributed by atoms with van der Waals surface area (Å²) in [7, 11) is 0. The van der Waals surface area contributed by atoms with Crippen LogP contribution in [-0.4, -0.2) is 46.3 Å². The molecule has 0 saturated carbocycles. The van der Waals surface area contributed by atoms with Crippen molar-refractivity contribution in [1.82, 2.24) is 14.9 Å². The lowest BCUT2D eigenvalue weighted by atomic mass is 9.86. The second-order valence-corrected chi connectivity index (χ2v) is 6.64. The Morgan fingerprint density at radius 2 is 2.04 bits per heavy atom. The summed E-state index contributed by atoms with van der Waals surface area (Å²) >= 11 is 0. The first kappa shape index (κ1) is 14.9. The molecule has 0 radical (unpaired) electrons. The molecule has 0 aliphatic carbocycles. The van der Waals surface area contributed by atoms with Gasteiger partial charge in [0.25, 0.3) is 5.91 Å². The van der Waals surface area contributed by atoms with Gasteiger partial charge in [-0.1, -0.05) is 0 Å². The van der Waals surface area contributed by atoms with Gasteiger partial charge >= 0.3 is 0 Å². The Bertz CT molecular complexity index is 788. The van der Waals surface area contributed by atoms with Crippen molar-refractivity contribution in [3.63, 3.8) is 0 Å². The molecule has 24 heavy (non-hydrogen) atoms. The Labute approximate surface area is 139 Å². The van der Waals surface area contributed by atoms with E-state index in [9.17, 15) is 9.59 Å². The van der Waals surface area contributed by atoms with Gasteiger partial charge in [0, 0.05) is 31.5 Å². The van der Waals surface area contributed by atoms with Crippen molar-refractivity contribution >= 4 is 17.5 Å². The highest BCUT2D eigenvalue weighted by molar-refractivity contribution is 5.96. The summed E-state index contributed by atoms with van der Waals surface area (Å²) in [6.07, 6.45) is 6.00. The minimum absolute atomic E-state index is 0.0629. The first-order chi connectivity index (χ1) is 11.6. The summed E-state index contributed by atoms with van der Waals surface area (Å²) in [5.41, 5.74) is 0.523. The van der Waals surface area contributed by atoms with E-state index in [4.69, 9.17) is 4.42 Å². The third kappa shape index (κ3) is 2.46. The normalized spacial score (nSPS) is 23.5. The van der Waals surface area contributed by atoms with Gasteiger partial charge in [-0.25, -0.2) is 9.97 Å². The van der Waals surface area contributed by atoms with Gasteiger partial charge in [0.1, 0.15) is 12.1 Å². The van der Waals surface area contributed by atoms with E-state index < -0.39 is 0 Å². The van der Waals surface area contributed by atoms with Crippen LogP contribution in [-0.2, 0) is 4.79 Å². The van der Waals surface area contributed by atoms with E-state index in [2.05, 4.69) is 9.97 Å². The van der Waals surface area contributed by atoms with Crippen molar-refractivity contribution in [2.24, 2.45) is 5.41 Å². The maximum atomic E-state index is 12.5. The molecular weight excluding hydrogens is 308 g/mol. The van der Waals surface area contributed by atoms with E-state index in [1.165, 1.54) is 6.33 Å². The Morgan fingerprint density at radius 3 is 2.75 bits per heavy atom. The molecule has 1 unspecified atom stereocenters. The van der Waals surface area contributed by atoms with Crippen molar-refractivity contribution in [1.29, 1.82) is 0 Å². The summed E-state index contributed by atoms with van der Waals surface area (Å²) in [5, 5.41) is 0. The number of aromatic nitrogens is 2. The lowest BCUT2D eigenvalue weighted by Gasteiger charge is -2.23. The Kier molecular flexibility index (Phi) is 3.37. The maximum Gasteiger partial charge on any atom is 0.289 e. The Hall–Kier alpha value is -2.70. The molecule has 4 rings (SSSR count). The number of furan rings is 1. The van der Waals surface area contributed by atoms with Gasteiger partial charge in [0.05, 0.1) is 18.1 Å². The Balaban J connectivity index is 1.50. The molecule has 0 bridgehead atoms. The first-order valence-corrected chi connectivity index (χ1v) is 7.97. The van der Waals surface area contributed by atoms with E-state index in [0.29, 0.717) is 37.5 Å². The third-order valence-corrected chi connectivity index (χ3v) is 4.86. The number of anilines is 1. The highest BCUT2D eigenvalue weighted by atomic mass is 16.3. The van der Waals surface area contributed by atoms with Crippen molar-refractivity contribution in [3.8, 4) is 0 Å². The van der Waals surface area contributed by atoms with Crippen LogP contribution in [0.15, 0.2) is 35.3 Å². The monoisotopic (exact) mass is 326 g/mol. The van der Waals surface area contributed by atoms with Crippen LogP contribution in [0, 0.1) is 12.3 Å². The van der Waals surface area contributed by atoms with E-state index in [0.717, 1.165) is 12.2 Å². The molecule has 2 fully saturated rings. The van der Waals surface area contributed by atoms with Crippen LogP contribution < -0.4 is 4.90 Å². The highest BCUT2D eigenvalue weighted by Gasteiger charge is 2.49. The Morgan fingerprint density at radius 1 is 1.25 bits per heavy atom. The molecule has 7 nitrogen and oxygen atoms in total. The SMILES string of the molecule is Cc1ccc(C(=O)N2CCC3(CC(=O)N(c4cncnc4)C3)C2)o1. The van der Waals surface area contributed by atoms with Crippen LogP contribution in [0.2, 0.25) is 0 Å². The molecule has 2 aliphatic heterocycles. The molecular formula is C17H18N4O3. The van der Waals surface area contributed by atoms with Crippen LogP contribution in [0.25, 0.3) is 0 Å². The van der Waals surface area contributed by atoms with Crippen molar-refractivity contribution < 1.29 is 14.0 Å². The predicted molar refractivity (Wildman–Crippen MR) is 85.4 cm³/mol. The fourth-order valence-electron chi connectivity index (χ4n) is 3.65. The average Bonchev–Trinajstić information content (AvgIpc) is 3.28. The fourth-order valence-corrected chi connectivity index (χ4v) is 3.65. The van der Waals surface area contributed by atoms with Crippen molar-refractivity contribution in [2.75, 3.05) is 24.5 Å². The summed E-state index contributed by atoms with van der Waals surface area (Å²) < 4.78 is 5.44. The standard InChI is InChI=1S/C17H18N4O3/c1-12-2-3-14(24-12)16(23)20-5-4-17(9-20)6-15(22)21(10-17)13-7-18-11-19-8-13/h2-3,7-8,11H,4-6,9-10H2,1H3. The van der Waals surface area contributed by atoms with E-state index >= 15 is 0 Å². The van der Waals surface area contributed by atoms with Crippen molar-refractivity contribution in [3.05, 3.63) is 42.4 Å². The van der Waals surface area contributed by atoms with Gasteiger partial charge in [-0.2, -0.15) is 0 Å². The van der Waals surface area contributed by atoms with Crippen LogP contribution >= 0.6 is 0 Å². The molecule has 2 saturated heterocycles. The van der Waals surface area contributed by atoms with Crippen LogP contribution in [0.1, 0.15) is 29.2 Å². The topological polar surface area (TPSA) is 79.5 Å². The van der Waals surface area contributed by atoms with Gasteiger partial charge in [-0.15, -0.1) is 0 Å². The average molecular weight is 326 g/mol. The number of carbonyl (C=O) groups is 2. The molecule has 2 aromatic rings. The number of rotatable bonds is 2. The number of hydrogen-bond acceptors (Lipinski definition) is 5. The van der Waals surface area contributed by atoms with Crippen molar-refractivity contribution in [2.45, 2.75) is 19.8 Å². The zero-order valence-electron chi connectivity index (χ0n) is 13.4. The van der Waals surface area contributed by atoms with E-state index in [-0.39, 0.29) is 17.2 Å². The number of amides is 2. The molecule has 124 valence electrons. The largest absolute Gasteiger partial charge is 0.456 e.